The Kier molecular flexibility index (Phi) is 5.84. The molecule has 6 heteroatoms. The van der Waals surface area contributed by atoms with Gasteiger partial charge in [0.15, 0.2) is 17.4 Å². The summed E-state index contributed by atoms with van der Waals surface area (Å²) in [6.45, 7) is 3.20. The molecule has 142 valence electrons. The molecule has 1 heterocycles. The number of carbonyl (C=O) groups excluding carboxylic acids is 2. The van der Waals surface area contributed by atoms with Crippen LogP contribution in [-0.4, -0.2) is 36.3 Å². The van der Waals surface area contributed by atoms with Gasteiger partial charge in [0, 0.05) is 30.1 Å². The number of carbonyl (C=O) groups is 2. The summed E-state index contributed by atoms with van der Waals surface area (Å²) in [5.41, 5.74) is 0.661. The molecule has 0 aromatic heterocycles. The van der Waals surface area contributed by atoms with Crippen molar-refractivity contribution in [2.75, 3.05) is 19.7 Å². The Hall–Kier alpha value is -2.76. The number of ether oxygens (including phenoxy) is 1. The van der Waals surface area contributed by atoms with Gasteiger partial charge in [0.25, 0.3) is 5.91 Å². The molecule has 2 aromatic carbocycles. The zero-order valence-electron chi connectivity index (χ0n) is 15.1. The van der Waals surface area contributed by atoms with E-state index in [-0.39, 0.29) is 23.8 Å². The molecule has 0 radical (unpaired) electrons. The van der Waals surface area contributed by atoms with Crippen molar-refractivity contribution in [3.8, 4) is 5.75 Å². The fourth-order valence-electron chi connectivity index (χ4n) is 3.31. The second kappa shape index (κ2) is 8.29. The summed E-state index contributed by atoms with van der Waals surface area (Å²) in [6, 6.07) is 10.1. The number of likely N-dealkylation sites (tertiary alicyclic amines) is 1. The predicted molar refractivity (Wildman–Crippen MR) is 96.9 cm³/mol. The molecule has 1 aliphatic rings. The zero-order valence-corrected chi connectivity index (χ0v) is 15.1. The standard InChI is InChI=1S/C21H21F2NO3/c1-2-27-17-8-5-14(6-9-17)20(25)16-4-3-11-24(13-16)21(26)15-7-10-18(22)19(23)12-15/h5-10,12,16H,2-4,11,13H2,1H3. The van der Waals surface area contributed by atoms with E-state index < -0.39 is 17.5 Å². The van der Waals surface area contributed by atoms with Gasteiger partial charge in [-0.1, -0.05) is 0 Å². The number of rotatable bonds is 5. The summed E-state index contributed by atoms with van der Waals surface area (Å²) >= 11 is 0. The zero-order chi connectivity index (χ0) is 19.4. The third-order valence-corrected chi connectivity index (χ3v) is 4.70. The topological polar surface area (TPSA) is 46.6 Å². The number of halogens is 2. The quantitative estimate of drug-likeness (QED) is 0.742. The van der Waals surface area contributed by atoms with Gasteiger partial charge in [-0.25, -0.2) is 8.78 Å². The molecule has 1 unspecified atom stereocenters. The number of ketones is 1. The summed E-state index contributed by atoms with van der Waals surface area (Å²) in [4.78, 5) is 26.9. The molecule has 4 nitrogen and oxygen atoms in total. The molecule has 0 aliphatic carbocycles. The minimum atomic E-state index is -1.06. The second-order valence-electron chi connectivity index (χ2n) is 6.54. The lowest BCUT2D eigenvalue weighted by molar-refractivity contribution is 0.0636. The van der Waals surface area contributed by atoms with E-state index in [0.29, 0.717) is 37.3 Å². The first-order valence-corrected chi connectivity index (χ1v) is 9.01. The van der Waals surface area contributed by atoms with Crippen LogP contribution in [0.15, 0.2) is 42.5 Å². The molecule has 1 atom stereocenters. The van der Waals surface area contributed by atoms with E-state index >= 15 is 0 Å². The number of piperidine rings is 1. The first-order chi connectivity index (χ1) is 13.0. The Morgan fingerprint density at radius 1 is 1.07 bits per heavy atom. The van der Waals surface area contributed by atoms with Gasteiger partial charge in [0.05, 0.1) is 6.61 Å². The van der Waals surface area contributed by atoms with Crippen LogP contribution >= 0.6 is 0 Å². The number of amides is 1. The average Bonchev–Trinajstić information content (AvgIpc) is 2.70. The normalized spacial score (nSPS) is 16.9. The third kappa shape index (κ3) is 4.32. The molecule has 3 rings (SSSR count). The van der Waals surface area contributed by atoms with Crippen molar-refractivity contribution in [3.63, 3.8) is 0 Å². The average molecular weight is 373 g/mol. The number of Topliss-reactive ketones (excluding diaryl/α,β-unsaturated/α-hetero) is 1. The van der Waals surface area contributed by atoms with Crippen molar-refractivity contribution in [1.29, 1.82) is 0 Å². The van der Waals surface area contributed by atoms with Crippen LogP contribution in [-0.2, 0) is 0 Å². The molecule has 0 bridgehead atoms. The maximum Gasteiger partial charge on any atom is 0.253 e. The van der Waals surface area contributed by atoms with Crippen molar-refractivity contribution in [3.05, 3.63) is 65.2 Å². The van der Waals surface area contributed by atoms with Crippen LogP contribution in [0.3, 0.4) is 0 Å². The predicted octanol–water partition coefficient (Wildman–Crippen LogP) is 4.10. The molecule has 27 heavy (non-hydrogen) atoms. The molecule has 1 aliphatic heterocycles. The van der Waals surface area contributed by atoms with Crippen LogP contribution in [0, 0.1) is 17.6 Å². The van der Waals surface area contributed by atoms with Crippen molar-refractivity contribution >= 4 is 11.7 Å². The lowest BCUT2D eigenvalue weighted by Crippen LogP contribution is -2.42. The Bertz CT molecular complexity index is 836. The summed E-state index contributed by atoms with van der Waals surface area (Å²) < 4.78 is 31.9. The van der Waals surface area contributed by atoms with E-state index in [1.54, 1.807) is 24.3 Å². The SMILES string of the molecule is CCOc1ccc(C(=O)C2CCCN(C(=O)c3ccc(F)c(F)c3)C2)cc1. The Labute approximate surface area is 156 Å². The van der Waals surface area contributed by atoms with Gasteiger partial charge < -0.3 is 9.64 Å². The van der Waals surface area contributed by atoms with Gasteiger partial charge in [-0.05, 0) is 62.2 Å². The Morgan fingerprint density at radius 2 is 1.78 bits per heavy atom. The molecule has 1 fully saturated rings. The molecule has 2 aromatic rings. The first kappa shape index (κ1) is 19.0. The minimum Gasteiger partial charge on any atom is -0.494 e. The van der Waals surface area contributed by atoms with Crippen molar-refractivity contribution in [2.24, 2.45) is 5.92 Å². The van der Waals surface area contributed by atoms with E-state index in [9.17, 15) is 18.4 Å². The minimum absolute atomic E-state index is 0.0270. The summed E-state index contributed by atoms with van der Waals surface area (Å²) in [5, 5.41) is 0. The molecular weight excluding hydrogens is 352 g/mol. The molecule has 1 saturated heterocycles. The largest absolute Gasteiger partial charge is 0.494 e. The lowest BCUT2D eigenvalue weighted by Gasteiger charge is -2.32. The van der Waals surface area contributed by atoms with Crippen LogP contribution in [0.25, 0.3) is 0 Å². The smallest absolute Gasteiger partial charge is 0.253 e. The summed E-state index contributed by atoms with van der Waals surface area (Å²) in [7, 11) is 0. The summed E-state index contributed by atoms with van der Waals surface area (Å²) in [6.07, 6.45) is 1.37. The van der Waals surface area contributed by atoms with E-state index in [1.807, 2.05) is 6.92 Å². The highest BCUT2D eigenvalue weighted by Crippen LogP contribution is 2.24. The number of nitrogens with zero attached hydrogens (tertiary/aromatic N) is 1. The van der Waals surface area contributed by atoms with Crippen molar-refractivity contribution in [1.82, 2.24) is 4.90 Å². The van der Waals surface area contributed by atoms with Crippen LogP contribution in [0.1, 0.15) is 40.5 Å². The Balaban J connectivity index is 1.70. The molecule has 0 saturated carbocycles. The monoisotopic (exact) mass is 373 g/mol. The maximum atomic E-state index is 13.4. The molecular formula is C21H21F2NO3. The fourth-order valence-corrected chi connectivity index (χ4v) is 3.31. The molecule has 0 spiro atoms. The maximum absolute atomic E-state index is 13.4. The highest BCUT2D eigenvalue weighted by Gasteiger charge is 2.29. The highest BCUT2D eigenvalue weighted by atomic mass is 19.2. The van der Waals surface area contributed by atoms with Gasteiger partial charge in [-0.15, -0.1) is 0 Å². The van der Waals surface area contributed by atoms with E-state index in [1.165, 1.54) is 11.0 Å². The van der Waals surface area contributed by atoms with Gasteiger partial charge in [-0.2, -0.15) is 0 Å². The van der Waals surface area contributed by atoms with E-state index in [2.05, 4.69) is 0 Å². The molecule has 0 N–H and O–H groups in total. The van der Waals surface area contributed by atoms with Crippen LogP contribution < -0.4 is 4.74 Å². The van der Waals surface area contributed by atoms with Gasteiger partial charge >= 0.3 is 0 Å². The van der Waals surface area contributed by atoms with Gasteiger partial charge in [-0.3, -0.25) is 9.59 Å². The van der Waals surface area contributed by atoms with E-state index in [0.717, 1.165) is 12.1 Å². The Morgan fingerprint density at radius 3 is 2.44 bits per heavy atom. The fraction of sp³-hybridized carbons (Fsp3) is 0.333. The van der Waals surface area contributed by atoms with Crippen molar-refractivity contribution in [2.45, 2.75) is 19.8 Å². The van der Waals surface area contributed by atoms with Crippen LogP contribution in [0.5, 0.6) is 5.75 Å². The van der Waals surface area contributed by atoms with Crippen molar-refractivity contribution < 1.29 is 23.1 Å². The lowest BCUT2D eigenvalue weighted by atomic mass is 9.89. The number of hydrogen-bond acceptors (Lipinski definition) is 3. The van der Waals surface area contributed by atoms with E-state index in [4.69, 9.17) is 4.74 Å². The number of benzene rings is 2. The second-order valence-corrected chi connectivity index (χ2v) is 6.54. The van der Waals surface area contributed by atoms with Crippen LogP contribution in [0.2, 0.25) is 0 Å². The van der Waals surface area contributed by atoms with Gasteiger partial charge in [0.2, 0.25) is 0 Å². The van der Waals surface area contributed by atoms with Crippen LogP contribution in [0.4, 0.5) is 8.78 Å². The summed E-state index contributed by atoms with van der Waals surface area (Å²) in [5.74, 6) is -2.08. The highest BCUT2D eigenvalue weighted by molar-refractivity contribution is 5.99. The number of hydrogen-bond donors (Lipinski definition) is 0. The first-order valence-electron chi connectivity index (χ1n) is 9.01. The van der Waals surface area contributed by atoms with Gasteiger partial charge in [0.1, 0.15) is 5.75 Å². The molecule has 1 amide bonds. The third-order valence-electron chi connectivity index (χ3n) is 4.70.